The number of nitrogens with zero attached hydrogens (tertiary/aromatic N) is 5. The molecule has 2 heterocycles. The molecule has 1 aromatic rings. The molecule has 9 nitrogen and oxygen atoms in total. The number of aliphatic hydroxyl groups is 1. The van der Waals surface area contributed by atoms with E-state index in [1.807, 2.05) is 0 Å². The zero-order valence-corrected chi connectivity index (χ0v) is 10.2. The Labute approximate surface area is 114 Å². The van der Waals surface area contributed by atoms with E-state index in [9.17, 15) is 33.2 Å². The first kappa shape index (κ1) is 14.9. The maximum atomic E-state index is 12.8. The summed E-state index contributed by atoms with van der Waals surface area (Å²) in [6, 6.07) is 0. The van der Waals surface area contributed by atoms with Crippen LogP contribution >= 0.6 is 0 Å². The van der Waals surface area contributed by atoms with Gasteiger partial charge < -0.3 is 5.11 Å². The molecule has 0 saturated carbocycles. The Hall–Kier alpha value is -2.50. The van der Waals surface area contributed by atoms with Crippen molar-refractivity contribution in [1.82, 2.24) is 14.8 Å². The Kier molecular flexibility index (Phi) is 3.41. The lowest BCUT2D eigenvalue weighted by atomic mass is 10.1. The molecule has 2 rings (SSSR count). The largest absolute Gasteiger partial charge is 0.438 e. The van der Waals surface area contributed by atoms with E-state index >= 15 is 0 Å². The fourth-order valence-corrected chi connectivity index (χ4v) is 1.68. The average Bonchev–Trinajstić information content (AvgIpc) is 2.95. The third-order valence-corrected chi connectivity index (χ3v) is 2.74. The monoisotopic (exact) mass is 307 g/mol. The zero-order valence-electron chi connectivity index (χ0n) is 10.2. The molecule has 0 spiro atoms. The van der Waals surface area contributed by atoms with Gasteiger partial charge in [-0.2, -0.15) is 28.4 Å². The van der Waals surface area contributed by atoms with E-state index < -0.39 is 41.4 Å². The van der Waals surface area contributed by atoms with E-state index in [1.54, 1.807) is 0 Å². The number of carbonyl (C=O) groups is 1. The minimum absolute atomic E-state index is 0.0967. The summed E-state index contributed by atoms with van der Waals surface area (Å²) in [6.07, 6.45) is -3.49. The average molecular weight is 307 g/mol. The minimum atomic E-state index is -5.09. The topological polar surface area (TPSA) is 114 Å². The van der Waals surface area contributed by atoms with Crippen LogP contribution in [0.2, 0.25) is 0 Å². The van der Waals surface area contributed by atoms with Crippen molar-refractivity contribution in [2.75, 3.05) is 0 Å². The number of nitro groups is 1. The van der Waals surface area contributed by atoms with Crippen molar-refractivity contribution in [2.45, 2.75) is 24.9 Å². The molecule has 21 heavy (non-hydrogen) atoms. The summed E-state index contributed by atoms with van der Waals surface area (Å²) in [5, 5.41) is 26.6. The van der Waals surface area contributed by atoms with E-state index in [-0.39, 0.29) is 5.01 Å². The van der Waals surface area contributed by atoms with Gasteiger partial charge in [-0.25, -0.2) is 0 Å². The number of alkyl halides is 3. The minimum Gasteiger partial charge on any atom is -0.362 e. The second kappa shape index (κ2) is 4.80. The van der Waals surface area contributed by atoms with Crippen molar-refractivity contribution >= 4 is 17.8 Å². The van der Waals surface area contributed by atoms with Gasteiger partial charge in [0.25, 0.3) is 11.6 Å². The van der Waals surface area contributed by atoms with Crippen LogP contribution in [0.15, 0.2) is 17.5 Å². The van der Waals surface area contributed by atoms with Crippen LogP contribution in [0.3, 0.4) is 0 Å². The fraction of sp³-hybridized carbons (Fsp3) is 0.444. The molecule has 1 aliphatic rings. The van der Waals surface area contributed by atoms with Crippen molar-refractivity contribution in [3.8, 4) is 0 Å². The van der Waals surface area contributed by atoms with Gasteiger partial charge in [0.05, 0.1) is 4.92 Å². The van der Waals surface area contributed by atoms with Crippen LogP contribution in [0, 0.1) is 10.1 Å². The van der Waals surface area contributed by atoms with Crippen LogP contribution in [-0.4, -0.2) is 48.8 Å². The zero-order chi connectivity index (χ0) is 15.8. The smallest absolute Gasteiger partial charge is 0.362 e. The van der Waals surface area contributed by atoms with Crippen LogP contribution in [0.4, 0.5) is 18.9 Å². The van der Waals surface area contributed by atoms with Crippen LogP contribution < -0.4 is 0 Å². The van der Waals surface area contributed by atoms with E-state index in [2.05, 4.69) is 10.2 Å². The van der Waals surface area contributed by atoms with E-state index in [1.165, 1.54) is 0 Å². The van der Waals surface area contributed by atoms with Crippen LogP contribution in [0.25, 0.3) is 0 Å². The molecule has 1 amide bonds. The summed E-state index contributed by atoms with van der Waals surface area (Å²) < 4.78 is 39.1. The molecule has 0 saturated heterocycles. The molecule has 1 atom stereocenters. The van der Waals surface area contributed by atoms with Gasteiger partial charge >= 0.3 is 11.9 Å². The van der Waals surface area contributed by atoms with Crippen molar-refractivity contribution in [3.63, 3.8) is 0 Å². The van der Waals surface area contributed by atoms with E-state index in [0.717, 1.165) is 23.3 Å². The number of hydrazone groups is 1. The van der Waals surface area contributed by atoms with Gasteiger partial charge in [0.15, 0.2) is 0 Å². The lowest BCUT2D eigenvalue weighted by Gasteiger charge is -2.32. The highest BCUT2D eigenvalue weighted by Gasteiger charge is 2.61. The van der Waals surface area contributed by atoms with Gasteiger partial charge in [0, 0.05) is 12.6 Å². The third-order valence-electron chi connectivity index (χ3n) is 2.74. The number of carbonyl (C=O) groups excluding carboxylic acids is 1. The number of hydrogen-bond donors (Lipinski definition) is 1. The molecule has 0 aromatic carbocycles. The lowest BCUT2D eigenvalue weighted by Crippen LogP contribution is -2.57. The number of amides is 1. The van der Waals surface area contributed by atoms with Crippen molar-refractivity contribution in [1.29, 1.82) is 0 Å². The number of aromatic nitrogens is 2. The Morgan fingerprint density at radius 1 is 1.57 bits per heavy atom. The standard InChI is InChI=1S/C9H8F3N5O4/c10-9(11,12)8(19)1-2-13-16(8)7(18)5-15-4-6(3-14-15)17(20)21/h2-4,19H,1,5H2. The predicted molar refractivity (Wildman–Crippen MR) is 59.8 cm³/mol. The first-order valence-electron chi connectivity index (χ1n) is 5.46. The molecule has 1 unspecified atom stereocenters. The maximum Gasteiger partial charge on any atom is 0.438 e. The van der Waals surface area contributed by atoms with Gasteiger partial charge in [0.2, 0.25) is 0 Å². The molecule has 0 aliphatic carbocycles. The van der Waals surface area contributed by atoms with Crippen LogP contribution in [0.1, 0.15) is 6.42 Å². The van der Waals surface area contributed by atoms with Gasteiger partial charge in [-0.05, 0) is 0 Å². The van der Waals surface area contributed by atoms with Crippen molar-refractivity contribution < 1.29 is 28.0 Å². The number of rotatable bonds is 3. The highest BCUT2D eigenvalue weighted by atomic mass is 19.4. The Morgan fingerprint density at radius 2 is 2.24 bits per heavy atom. The van der Waals surface area contributed by atoms with Crippen molar-refractivity contribution in [3.05, 3.63) is 22.5 Å². The molecule has 1 aliphatic heterocycles. The molecule has 0 radical (unpaired) electrons. The molecule has 1 N–H and O–H groups in total. The summed E-state index contributed by atoms with van der Waals surface area (Å²) in [6.45, 7) is -0.733. The predicted octanol–water partition coefficient (Wildman–Crippen LogP) is 0.260. The summed E-state index contributed by atoms with van der Waals surface area (Å²) in [5.41, 5.74) is -3.83. The molecule has 0 fully saturated rings. The highest BCUT2D eigenvalue weighted by molar-refractivity contribution is 5.80. The quantitative estimate of drug-likeness (QED) is 0.635. The van der Waals surface area contributed by atoms with Gasteiger partial charge in [-0.1, -0.05) is 0 Å². The van der Waals surface area contributed by atoms with Crippen molar-refractivity contribution in [2.24, 2.45) is 5.10 Å². The normalized spacial score (nSPS) is 21.8. The molecule has 0 bridgehead atoms. The lowest BCUT2D eigenvalue weighted by molar-refractivity contribution is -0.385. The molecule has 12 heteroatoms. The van der Waals surface area contributed by atoms with Crippen LogP contribution in [-0.2, 0) is 11.3 Å². The number of hydrogen-bond acceptors (Lipinski definition) is 6. The Balaban J connectivity index is 2.16. The second-order valence-corrected chi connectivity index (χ2v) is 4.18. The van der Waals surface area contributed by atoms with E-state index in [4.69, 9.17) is 0 Å². The van der Waals surface area contributed by atoms with Gasteiger partial charge in [-0.15, -0.1) is 0 Å². The summed E-state index contributed by atoms with van der Waals surface area (Å²) in [5.74, 6) is -1.21. The highest BCUT2D eigenvalue weighted by Crippen LogP contribution is 2.38. The van der Waals surface area contributed by atoms with Gasteiger partial charge in [0.1, 0.15) is 18.9 Å². The number of halogens is 3. The summed E-state index contributed by atoms with van der Waals surface area (Å²) >= 11 is 0. The molecule has 114 valence electrons. The third kappa shape index (κ3) is 2.56. The van der Waals surface area contributed by atoms with Gasteiger partial charge in [-0.3, -0.25) is 19.6 Å². The second-order valence-electron chi connectivity index (χ2n) is 4.18. The first-order chi connectivity index (χ1) is 9.65. The maximum absolute atomic E-state index is 12.8. The molecular formula is C9H8F3N5O4. The molecular weight excluding hydrogens is 299 g/mol. The summed E-state index contributed by atoms with van der Waals surface area (Å²) in [4.78, 5) is 21.4. The Morgan fingerprint density at radius 3 is 2.76 bits per heavy atom. The van der Waals surface area contributed by atoms with E-state index in [0.29, 0.717) is 0 Å². The Bertz CT molecular complexity index is 613. The fourth-order valence-electron chi connectivity index (χ4n) is 1.68. The summed E-state index contributed by atoms with van der Waals surface area (Å²) in [7, 11) is 0. The molecule has 1 aromatic heterocycles. The SMILES string of the molecule is O=C(Cn1cc([N+](=O)[O-])cn1)N1N=CCC1(O)C(F)(F)F. The first-order valence-corrected chi connectivity index (χ1v) is 5.46. The van der Waals surface area contributed by atoms with Crippen LogP contribution in [0.5, 0.6) is 0 Å².